The molecule has 0 aromatic rings. The van der Waals surface area contributed by atoms with Crippen LogP contribution in [0.25, 0.3) is 0 Å². The van der Waals surface area contributed by atoms with E-state index in [0.717, 1.165) is 18.0 Å². The lowest BCUT2D eigenvalue weighted by Crippen LogP contribution is -2.33. The molecule has 0 saturated carbocycles. The second-order valence-corrected chi connectivity index (χ2v) is 5.38. The normalized spacial score (nSPS) is 40.9. The van der Waals surface area contributed by atoms with Crippen LogP contribution in [-0.2, 0) is 0 Å². The monoisotopic (exact) mass is 196 g/mol. The minimum atomic E-state index is 0.804. The fraction of sp³-hybridized carbons (Fsp3) is 1.00. The van der Waals surface area contributed by atoms with Crippen LogP contribution >= 0.6 is 0 Å². The van der Waals surface area contributed by atoms with Crippen molar-refractivity contribution >= 4 is 0 Å². The first-order chi connectivity index (χ1) is 6.66. The summed E-state index contributed by atoms with van der Waals surface area (Å²) in [5.74, 6) is 0.926. The molecule has 2 aliphatic rings. The van der Waals surface area contributed by atoms with Crippen molar-refractivity contribution in [3.05, 3.63) is 0 Å². The van der Waals surface area contributed by atoms with E-state index in [1.165, 1.54) is 38.9 Å². The Bertz CT molecular complexity index is 183. The van der Waals surface area contributed by atoms with E-state index in [4.69, 9.17) is 0 Å². The van der Waals surface area contributed by atoms with Gasteiger partial charge in [-0.25, -0.2) is 0 Å². The Balaban J connectivity index is 1.81. The van der Waals surface area contributed by atoms with Crippen LogP contribution in [-0.4, -0.2) is 48.6 Å². The van der Waals surface area contributed by atoms with Crippen LogP contribution < -0.4 is 0 Å². The molecule has 0 amide bonds. The Morgan fingerprint density at radius 2 is 2.00 bits per heavy atom. The second-order valence-electron chi connectivity index (χ2n) is 5.38. The molecule has 2 aliphatic heterocycles. The molecule has 0 N–H and O–H groups in total. The highest BCUT2D eigenvalue weighted by Gasteiger charge is 2.30. The van der Waals surface area contributed by atoms with E-state index >= 15 is 0 Å². The molecule has 0 aliphatic carbocycles. The predicted octanol–water partition coefficient (Wildman–Crippen LogP) is 1.81. The number of nitrogens with zero attached hydrogens (tertiary/aromatic N) is 2. The van der Waals surface area contributed by atoms with Crippen LogP contribution in [0.2, 0.25) is 0 Å². The second kappa shape index (κ2) is 4.19. The van der Waals surface area contributed by atoms with Gasteiger partial charge in [-0.05, 0) is 52.6 Å². The summed E-state index contributed by atoms with van der Waals surface area (Å²) in [5, 5.41) is 0. The van der Waals surface area contributed by atoms with Crippen molar-refractivity contribution in [2.75, 3.05) is 26.7 Å². The third-order valence-corrected chi connectivity index (χ3v) is 4.16. The molecule has 0 radical (unpaired) electrons. The Kier molecular flexibility index (Phi) is 3.13. The molecular weight excluding hydrogens is 172 g/mol. The Labute approximate surface area is 88.3 Å². The van der Waals surface area contributed by atoms with Crippen molar-refractivity contribution in [1.29, 1.82) is 0 Å². The van der Waals surface area contributed by atoms with Gasteiger partial charge in [0.1, 0.15) is 0 Å². The van der Waals surface area contributed by atoms with E-state index in [1.807, 2.05) is 0 Å². The molecule has 3 atom stereocenters. The Morgan fingerprint density at radius 3 is 2.50 bits per heavy atom. The molecule has 14 heavy (non-hydrogen) atoms. The lowest BCUT2D eigenvalue weighted by Gasteiger charge is -2.24. The average Bonchev–Trinajstić information content (AvgIpc) is 2.63. The SMILES string of the molecule is C[C@@H]1CCCN1CC1C[C@H](C)N(C)C1. The number of hydrogen-bond acceptors (Lipinski definition) is 2. The average molecular weight is 196 g/mol. The maximum Gasteiger partial charge on any atom is 0.00676 e. The topological polar surface area (TPSA) is 6.48 Å². The highest BCUT2D eigenvalue weighted by molar-refractivity contribution is 4.85. The molecule has 2 heteroatoms. The summed E-state index contributed by atoms with van der Waals surface area (Å²) in [6.07, 6.45) is 4.23. The van der Waals surface area contributed by atoms with Crippen molar-refractivity contribution in [1.82, 2.24) is 9.80 Å². The van der Waals surface area contributed by atoms with E-state index < -0.39 is 0 Å². The van der Waals surface area contributed by atoms with Crippen LogP contribution in [0.4, 0.5) is 0 Å². The summed E-state index contributed by atoms with van der Waals surface area (Å²) in [4.78, 5) is 5.20. The third-order valence-electron chi connectivity index (χ3n) is 4.16. The van der Waals surface area contributed by atoms with Gasteiger partial charge in [0.2, 0.25) is 0 Å². The smallest absolute Gasteiger partial charge is 0.00676 e. The maximum absolute atomic E-state index is 2.69. The zero-order valence-corrected chi connectivity index (χ0v) is 9.87. The van der Waals surface area contributed by atoms with E-state index in [9.17, 15) is 0 Å². The van der Waals surface area contributed by atoms with Crippen molar-refractivity contribution in [2.24, 2.45) is 5.92 Å². The largest absolute Gasteiger partial charge is 0.303 e. The van der Waals surface area contributed by atoms with Gasteiger partial charge in [0, 0.05) is 25.2 Å². The van der Waals surface area contributed by atoms with Crippen LogP contribution in [0, 0.1) is 5.92 Å². The lowest BCUT2D eigenvalue weighted by atomic mass is 10.1. The van der Waals surface area contributed by atoms with Crippen LogP contribution in [0.15, 0.2) is 0 Å². The maximum atomic E-state index is 2.69. The predicted molar refractivity (Wildman–Crippen MR) is 60.5 cm³/mol. The minimum absolute atomic E-state index is 0.804. The number of hydrogen-bond donors (Lipinski definition) is 0. The zero-order valence-electron chi connectivity index (χ0n) is 9.87. The quantitative estimate of drug-likeness (QED) is 0.664. The Morgan fingerprint density at radius 1 is 1.21 bits per heavy atom. The molecule has 82 valence electrons. The van der Waals surface area contributed by atoms with Gasteiger partial charge in [0.15, 0.2) is 0 Å². The molecule has 0 spiro atoms. The van der Waals surface area contributed by atoms with E-state index in [2.05, 4.69) is 30.7 Å². The summed E-state index contributed by atoms with van der Waals surface area (Å²) in [6.45, 7) is 8.73. The van der Waals surface area contributed by atoms with Gasteiger partial charge >= 0.3 is 0 Å². The van der Waals surface area contributed by atoms with Crippen LogP contribution in [0.1, 0.15) is 33.1 Å². The van der Waals surface area contributed by atoms with Crippen molar-refractivity contribution in [3.63, 3.8) is 0 Å². The zero-order chi connectivity index (χ0) is 10.1. The Hall–Kier alpha value is -0.0800. The molecule has 0 bridgehead atoms. The van der Waals surface area contributed by atoms with Crippen molar-refractivity contribution in [3.8, 4) is 0 Å². The molecule has 2 heterocycles. The third kappa shape index (κ3) is 2.12. The molecule has 0 aromatic heterocycles. The first-order valence-corrected chi connectivity index (χ1v) is 6.11. The van der Waals surface area contributed by atoms with Crippen molar-refractivity contribution in [2.45, 2.75) is 45.2 Å². The number of rotatable bonds is 2. The summed E-state index contributed by atoms with van der Waals surface area (Å²) >= 11 is 0. The van der Waals surface area contributed by atoms with E-state index in [-0.39, 0.29) is 0 Å². The van der Waals surface area contributed by atoms with Gasteiger partial charge in [-0.1, -0.05) is 0 Å². The molecule has 1 unspecified atom stereocenters. The molecule has 2 rings (SSSR count). The van der Waals surface area contributed by atoms with E-state index in [1.54, 1.807) is 0 Å². The molecule has 2 fully saturated rings. The molecule has 2 nitrogen and oxygen atoms in total. The van der Waals surface area contributed by atoms with Crippen molar-refractivity contribution < 1.29 is 0 Å². The summed E-state index contributed by atoms with van der Waals surface area (Å²) in [6, 6.07) is 1.65. The first kappa shape index (κ1) is 10.4. The van der Waals surface area contributed by atoms with E-state index in [0.29, 0.717) is 0 Å². The summed E-state index contributed by atoms with van der Waals surface area (Å²) in [5.41, 5.74) is 0. The molecule has 0 aromatic carbocycles. The fourth-order valence-electron chi connectivity index (χ4n) is 3.05. The van der Waals surface area contributed by atoms with Gasteiger partial charge < -0.3 is 9.80 Å². The van der Waals surface area contributed by atoms with Gasteiger partial charge in [-0.2, -0.15) is 0 Å². The highest BCUT2D eigenvalue weighted by atomic mass is 15.2. The fourth-order valence-corrected chi connectivity index (χ4v) is 3.05. The molecule has 2 saturated heterocycles. The lowest BCUT2D eigenvalue weighted by molar-refractivity contribution is 0.225. The van der Waals surface area contributed by atoms with Crippen LogP contribution in [0.5, 0.6) is 0 Å². The van der Waals surface area contributed by atoms with Gasteiger partial charge in [0.25, 0.3) is 0 Å². The molecular formula is C12H24N2. The van der Waals surface area contributed by atoms with Gasteiger partial charge in [0.05, 0.1) is 0 Å². The first-order valence-electron chi connectivity index (χ1n) is 6.11. The van der Waals surface area contributed by atoms with Crippen LogP contribution in [0.3, 0.4) is 0 Å². The number of likely N-dealkylation sites (tertiary alicyclic amines) is 2. The highest BCUT2D eigenvalue weighted by Crippen LogP contribution is 2.25. The van der Waals surface area contributed by atoms with Gasteiger partial charge in [-0.15, -0.1) is 0 Å². The summed E-state index contributed by atoms with van der Waals surface area (Å²) in [7, 11) is 2.26. The van der Waals surface area contributed by atoms with Gasteiger partial charge in [-0.3, -0.25) is 0 Å². The standard InChI is InChI=1S/C12H24N2/c1-10-5-4-6-14(10)9-12-7-11(2)13(3)8-12/h10-12H,4-9H2,1-3H3/t10-,11+,12?/m1/s1. The summed E-state index contributed by atoms with van der Waals surface area (Å²) < 4.78 is 0. The minimum Gasteiger partial charge on any atom is -0.303 e.